The molecule has 0 atom stereocenters. The summed E-state index contributed by atoms with van der Waals surface area (Å²) in [4.78, 5) is 23.5. The van der Waals surface area contributed by atoms with Gasteiger partial charge < -0.3 is 4.42 Å². The van der Waals surface area contributed by atoms with Crippen LogP contribution in [0.3, 0.4) is 0 Å². The van der Waals surface area contributed by atoms with E-state index in [1.807, 2.05) is 18.2 Å². The number of aromatic nitrogens is 2. The number of carbonyl (C=O) groups excluding carboxylic acids is 1. The van der Waals surface area contributed by atoms with Gasteiger partial charge in [0.25, 0.3) is 5.56 Å². The highest BCUT2D eigenvalue weighted by molar-refractivity contribution is 5.97. The lowest BCUT2D eigenvalue weighted by atomic mass is 10.2. The second kappa shape index (κ2) is 4.53. The Kier molecular flexibility index (Phi) is 2.72. The smallest absolute Gasteiger partial charge is 0.267 e. The Balaban J connectivity index is 1.92. The highest BCUT2D eigenvalue weighted by Gasteiger charge is 2.13. The van der Waals surface area contributed by atoms with Gasteiger partial charge in [-0.15, -0.1) is 0 Å². The number of para-hydroxylation sites is 1. The average molecular weight is 254 g/mol. The third-order valence-electron chi connectivity index (χ3n) is 2.78. The topological polar surface area (TPSA) is 65.1 Å². The molecule has 0 fully saturated rings. The number of ketones is 1. The zero-order valence-corrected chi connectivity index (χ0v) is 9.95. The van der Waals surface area contributed by atoms with Crippen LogP contribution in [-0.2, 0) is 6.54 Å². The predicted octanol–water partition coefficient (Wildman–Crippen LogP) is 1.87. The van der Waals surface area contributed by atoms with Crippen LogP contribution in [0.1, 0.15) is 10.6 Å². The van der Waals surface area contributed by atoms with Crippen molar-refractivity contribution in [2.24, 2.45) is 0 Å². The van der Waals surface area contributed by atoms with E-state index in [-0.39, 0.29) is 23.6 Å². The molecule has 3 aromatic rings. The Labute approximate surface area is 108 Å². The van der Waals surface area contributed by atoms with Crippen molar-refractivity contribution in [1.29, 1.82) is 0 Å². The molecule has 0 aliphatic rings. The van der Waals surface area contributed by atoms with Crippen molar-refractivity contribution in [2.75, 3.05) is 0 Å². The Hall–Kier alpha value is -2.69. The normalized spacial score (nSPS) is 10.7. The summed E-state index contributed by atoms with van der Waals surface area (Å²) in [5.74, 6) is -0.0456. The molecule has 1 aromatic carbocycles. The molecule has 3 rings (SSSR count). The van der Waals surface area contributed by atoms with E-state index in [1.54, 1.807) is 12.1 Å². The lowest BCUT2D eigenvalue weighted by molar-refractivity contribution is 0.0940. The van der Waals surface area contributed by atoms with E-state index >= 15 is 0 Å². The Morgan fingerprint density at radius 1 is 1.21 bits per heavy atom. The number of rotatable bonds is 3. The summed E-state index contributed by atoms with van der Waals surface area (Å²) in [6.07, 6.45) is 1.47. The van der Waals surface area contributed by atoms with E-state index in [2.05, 4.69) is 5.10 Å². The van der Waals surface area contributed by atoms with E-state index in [1.165, 1.54) is 18.3 Å². The maximum absolute atomic E-state index is 12.0. The lowest BCUT2D eigenvalue weighted by Crippen LogP contribution is -2.25. The molecule has 5 nitrogen and oxygen atoms in total. The standard InChI is InChI=1S/C14H10N2O3/c17-11(9-16-14(18)6-3-7-15-16)13-8-10-4-1-2-5-12(10)19-13/h1-8H,9H2. The number of nitrogens with zero attached hydrogens (tertiary/aromatic N) is 2. The first-order valence-corrected chi connectivity index (χ1v) is 5.78. The van der Waals surface area contributed by atoms with Crippen LogP contribution in [0.25, 0.3) is 11.0 Å². The fraction of sp³-hybridized carbons (Fsp3) is 0.0714. The monoisotopic (exact) mass is 254 g/mol. The number of furan rings is 1. The first kappa shape index (κ1) is 11.4. The van der Waals surface area contributed by atoms with E-state index in [0.29, 0.717) is 5.58 Å². The summed E-state index contributed by atoms with van der Waals surface area (Å²) in [6.45, 7) is -0.126. The third-order valence-corrected chi connectivity index (χ3v) is 2.78. The molecule has 0 bridgehead atoms. The molecule has 5 heteroatoms. The number of Topliss-reactive ketones (excluding diaryl/α,β-unsaturated/α-hetero) is 1. The van der Waals surface area contributed by atoms with Crippen LogP contribution in [0, 0.1) is 0 Å². The van der Waals surface area contributed by atoms with Crippen LogP contribution in [-0.4, -0.2) is 15.6 Å². The zero-order chi connectivity index (χ0) is 13.2. The average Bonchev–Trinajstić information content (AvgIpc) is 2.85. The van der Waals surface area contributed by atoms with Crippen molar-refractivity contribution in [2.45, 2.75) is 6.54 Å². The number of hydrogen-bond donors (Lipinski definition) is 0. The lowest BCUT2D eigenvalue weighted by Gasteiger charge is -2.00. The highest BCUT2D eigenvalue weighted by Crippen LogP contribution is 2.19. The second-order valence-electron chi connectivity index (χ2n) is 4.09. The van der Waals surface area contributed by atoms with Gasteiger partial charge in [-0.1, -0.05) is 18.2 Å². The van der Waals surface area contributed by atoms with Crippen molar-refractivity contribution in [3.05, 3.63) is 64.8 Å². The molecule has 19 heavy (non-hydrogen) atoms. The summed E-state index contributed by atoms with van der Waals surface area (Å²) >= 11 is 0. The summed E-state index contributed by atoms with van der Waals surface area (Å²) in [5.41, 5.74) is 0.339. The summed E-state index contributed by atoms with van der Waals surface area (Å²) in [5, 5.41) is 4.70. The molecule has 94 valence electrons. The van der Waals surface area contributed by atoms with Gasteiger partial charge in [-0.25, -0.2) is 4.68 Å². The van der Waals surface area contributed by atoms with Crippen molar-refractivity contribution in [1.82, 2.24) is 9.78 Å². The quantitative estimate of drug-likeness (QED) is 0.669. The van der Waals surface area contributed by atoms with Crippen LogP contribution in [0.15, 0.2) is 57.9 Å². The SMILES string of the molecule is O=C(Cn1ncccc1=O)c1cc2ccccc2o1. The van der Waals surface area contributed by atoms with Gasteiger partial charge in [-0.05, 0) is 18.2 Å². The molecule has 0 aliphatic heterocycles. The van der Waals surface area contributed by atoms with Crippen LogP contribution >= 0.6 is 0 Å². The highest BCUT2D eigenvalue weighted by atomic mass is 16.3. The first-order chi connectivity index (χ1) is 9.24. The molecule has 0 radical (unpaired) electrons. The van der Waals surface area contributed by atoms with Gasteiger partial charge in [-0.2, -0.15) is 5.10 Å². The summed E-state index contributed by atoms with van der Waals surface area (Å²) in [7, 11) is 0. The van der Waals surface area contributed by atoms with Crippen LogP contribution in [0.2, 0.25) is 0 Å². The third kappa shape index (κ3) is 2.18. The fourth-order valence-corrected chi connectivity index (χ4v) is 1.84. The van der Waals surface area contributed by atoms with E-state index in [4.69, 9.17) is 4.42 Å². The van der Waals surface area contributed by atoms with Crippen molar-refractivity contribution in [3.63, 3.8) is 0 Å². The summed E-state index contributed by atoms with van der Waals surface area (Å²) in [6, 6.07) is 11.9. The van der Waals surface area contributed by atoms with Crippen LogP contribution < -0.4 is 5.56 Å². The van der Waals surface area contributed by atoms with Crippen molar-refractivity contribution >= 4 is 16.8 Å². The molecule has 0 saturated carbocycles. The maximum atomic E-state index is 12.0. The molecule has 2 heterocycles. The Morgan fingerprint density at radius 3 is 2.84 bits per heavy atom. The Morgan fingerprint density at radius 2 is 2.05 bits per heavy atom. The zero-order valence-electron chi connectivity index (χ0n) is 9.95. The first-order valence-electron chi connectivity index (χ1n) is 5.78. The number of carbonyl (C=O) groups is 1. The Bertz CT molecular complexity index is 768. The molecule has 0 spiro atoms. The van der Waals surface area contributed by atoms with E-state index in [0.717, 1.165) is 10.1 Å². The van der Waals surface area contributed by atoms with Gasteiger partial charge in [-0.3, -0.25) is 9.59 Å². The minimum Gasteiger partial charge on any atom is -0.453 e. The molecule has 0 amide bonds. The van der Waals surface area contributed by atoms with Crippen LogP contribution in [0.4, 0.5) is 0 Å². The molecular formula is C14H10N2O3. The van der Waals surface area contributed by atoms with Crippen molar-refractivity contribution < 1.29 is 9.21 Å². The minimum absolute atomic E-state index is 0.126. The maximum Gasteiger partial charge on any atom is 0.267 e. The second-order valence-corrected chi connectivity index (χ2v) is 4.09. The van der Waals surface area contributed by atoms with Gasteiger partial charge in [0, 0.05) is 17.6 Å². The largest absolute Gasteiger partial charge is 0.453 e. The van der Waals surface area contributed by atoms with E-state index < -0.39 is 0 Å². The van der Waals surface area contributed by atoms with Crippen molar-refractivity contribution in [3.8, 4) is 0 Å². The molecule has 0 N–H and O–H groups in total. The number of fused-ring (bicyclic) bond motifs is 1. The predicted molar refractivity (Wildman–Crippen MR) is 69.0 cm³/mol. The number of hydrogen-bond acceptors (Lipinski definition) is 4. The van der Waals surface area contributed by atoms with Gasteiger partial charge in [0.1, 0.15) is 12.1 Å². The minimum atomic E-state index is -0.313. The molecule has 0 saturated heterocycles. The fourth-order valence-electron chi connectivity index (χ4n) is 1.84. The molecule has 0 unspecified atom stereocenters. The van der Waals surface area contributed by atoms with Gasteiger partial charge in [0.2, 0.25) is 5.78 Å². The van der Waals surface area contributed by atoms with Crippen LogP contribution in [0.5, 0.6) is 0 Å². The molecule has 0 aliphatic carbocycles. The van der Waals surface area contributed by atoms with Gasteiger partial charge >= 0.3 is 0 Å². The summed E-state index contributed by atoms with van der Waals surface area (Å²) < 4.78 is 6.56. The van der Waals surface area contributed by atoms with Gasteiger partial charge in [0.15, 0.2) is 5.76 Å². The number of benzene rings is 1. The van der Waals surface area contributed by atoms with Gasteiger partial charge in [0.05, 0.1) is 0 Å². The molecule has 2 aromatic heterocycles. The molecular weight excluding hydrogens is 244 g/mol. The van der Waals surface area contributed by atoms with E-state index in [9.17, 15) is 9.59 Å².